The van der Waals surface area contributed by atoms with E-state index in [2.05, 4.69) is 40.6 Å². The van der Waals surface area contributed by atoms with Crippen LogP contribution in [-0.4, -0.2) is 25.2 Å². The van der Waals surface area contributed by atoms with Crippen molar-refractivity contribution in [3.63, 3.8) is 0 Å². The maximum absolute atomic E-state index is 6.13. The first-order valence-electron chi connectivity index (χ1n) is 9.28. The van der Waals surface area contributed by atoms with Crippen molar-refractivity contribution in [3.05, 3.63) is 65.7 Å². The highest BCUT2D eigenvalue weighted by molar-refractivity contribution is 5.78. The summed E-state index contributed by atoms with van der Waals surface area (Å²) in [6, 6.07) is 18.6. The highest BCUT2D eigenvalue weighted by Crippen LogP contribution is 2.33. The summed E-state index contributed by atoms with van der Waals surface area (Å²) in [7, 11) is 0. The van der Waals surface area contributed by atoms with Crippen molar-refractivity contribution in [3.8, 4) is 5.75 Å². The highest BCUT2D eigenvalue weighted by Gasteiger charge is 2.26. The van der Waals surface area contributed by atoms with Crippen LogP contribution in [0.15, 0.2) is 59.6 Å². The first-order valence-corrected chi connectivity index (χ1v) is 9.28. The smallest absolute Gasteiger partial charge is 0.189 e. The molecule has 136 valence electrons. The number of nitrogens with zero attached hydrogens (tertiary/aromatic N) is 1. The van der Waals surface area contributed by atoms with Crippen LogP contribution in [0.3, 0.4) is 0 Å². The van der Waals surface area contributed by atoms with Crippen LogP contribution in [-0.2, 0) is 4.74 Å². The van der Waals surface area contributed by atoms with Crippen molar-refractivity contribution in [2.75, 3.05) is 13.2 Å². The summed E-state index contributed by atoms with van der Waals surface area (Å²) < 4.78 is 11.8. The second-order valence-electron chi connectivity index (χ2n) is 6.83. The summed E-state index contributed by atoms with van der Waals surface area (Å²) >= 11 is 0. The lowest BCUT2D eigenvalue weighted by Crippen LogP contribution is -2.37. The molecule has 0 radical (unpaired) electrons. The van der Waals surface area contributed by atoms with Gasteiger partial charge >= 0.3 is 0 Å². The van der Waals surface area contributed by atoms with E-state index in [9.17, 15) is 0 Å². The molecule has 26 heavy (non-hydrogen) atoms. The molecule has 1 saturated heterocycles. The van der Waals surface area contributed by atoms with Gasteiger partial charge in [0.25, 0.3) is 0 Å². The number of nitrogens with two attached hydrogens (primary N) is 1. The molecule has 2 aromatic carbocycles. The Balaban J connectivity index is 1.32. The van der Waals surface area contributed by atoms with Crippen LogP contribution in [0.5, 0.6) is 5.75 Å². The number of hydrogen-bond donors (Lipinski definition) is 2. The van der Waals surface area contributed by atoms with Crippen LogP contribution in [0.2, 0.25) is 0 Å². The van der Waals surface area contributed by atoms with Crippen molar-refractivity contribution in [2.45, 2.75) is 37.5 Å². The van der Waals surface area contributed by atoms with Crippen LogP contribution in [0.4, 0.5) is 0 Å². The monoisotopic (exact) mass is 351 g/mol. The second kappa shape index (κ2) is 7.79. The van der Waals surface area contributed by atoms with Crippen LogP contribution in [0.1, 0.15) is 42.5 Å². The van der Waals surface area contributed by atoms with Crippen LogP contribution in [0.25, 0.3) is 0 Å². The largest absolute Gasteiger partial charge is 0.493 e. The number of para-hydroxylation sites is 1. The van der Waals surface area contributed by atoms with E-state index in [1.807, 2.05) is 24.3 Å². The van der Waals surface area contributed by atoms with Gasteiger partial charge in [-0.15, -0.1) is 0 Å². The van der Waals surface area contributed by atoms with Gasteiger partial charge in [-0.2, -0.15) is 0 Å². The molecule has 3 atom stereocenters. The molecule has 0 aliphatic carbocycles. The highest BCUT2D eigenvalue weighted by atomic mass is 16.5. The minimum absolute atomic E-state index is 0.127. The molecule has 1 unspecified atom stereocenters. The van der Waals surface area contributed by atoms with Crippen molar-refractivity contribution >= 4 is 5.96 Å². The Kier molecular flexibility index (Phi) is 5.07. The lowest BCUT2D eigenvalue weighted by Gasteiger charge is -2.27. The van der Waals surface area contributed by atoms with Gasteiger partial charge in [-0.05, 0) is 24.5 Å². The Morgan fingerprint density at radius 2 is 1.85 bits per heavy atom. The number of hydrogen-bond acceptors (Lipinski definition) is 3. The molecule has 5 nitrogen and oxygen atoms in total. The molecule has 4 rings (SSSR count). The molecule has 5 heteroatoms. The predicted molar refractivity (Wildman–Crippen MR) is 102 cm³/mol. The average Bonchev–Trinajstić information content (AvgIpc) is 3.17. The van der Waals surface area contributed by atoms with Crippen molar-refractivity contribution < 1.29 is 9.47 Å². The number of ether oxygens (including phenoxy) is 2. The standard InChI is InChI=1S/C21H25N3O2/c22-21(24-18-12-13-25-20-9-5-4-8-17(18)20)23-14-16-10-11-19(26-16)15-6-2-1-3-7-15/h1-9,16,18-19H,10-14H2,(H3,22,23,24)/t16-,18?,19+/m1/s1. The van der Waals surface area contributed by atoms with E-state index < -0.39 is 0 Å². The fourth-order valence-electron chi connectivity index (χ4n) is 3.67. The van der Waals surface area contributed by atoms with E-state index >= 15 is 0 Å². The first-order chi connectivity index (χ1) is 12.8. The molecular formula is C21H25N3O2. The predicted octanol–water partition coefficient (Wildman–Crippen LogP) is 3.33. The van der Waals surface area contributed by atoms with Gasteiger partial charge in [-0.25, -0.2) is 0 Å². The molecule has 2 aliphatic heterocycles. The van der Waals surface area contributed by atoms with Crippen LogP contribution >= 0.6 is 0 Å². The van der Waals surface area contributed by atoms with Crippen molar-refractivity contribution in [1.82, 2.24) is 5.32 Å². The summed E-state index contributed by atoms with van der Waals surface area (Å²) in [5, 5.41) is 3.33. The SMILES string of the molecule is NC(=NC[C@H]1CC[C@@H](c2ccccc2)O1)NC1CCOc2ccccc21. The minimum atomic E-state index is 0.127. The molecule has 2 heterocycles. The van der Waals surface area contributed by atoms with Gasteiger partial charge < -0.3 is 20.5 Å². The lowest BCUT2D eigenvalue weighted by atomic mass is 10.0. The lowest BCUT2D eigenvalue weighted by molar-refractivity contribution is 0.0501. The van der Waals surface area contributed by atoms with E-state index in [4.69, 9.17) is 15.2 Å². The number of guanidine groups is 1. The molecule has 0 amide bonds. The van der Waals surface area contributed by atoms with E-state index in [0.717, 1.165) is 30.6 Å². The zero-order valence-electron chi connectivity index (χ0n) is 14.8. The summed E-state index contributed by atoms with van der Waals surface area (Å²) in [6.45, 7) is 1.28. The average molecular weight is 351 g/mol. The maximum atomic E-state index is 6.13. The van der Waals surface area contributed by atoms with E-state index in [1.165, 1.54) is 5.56 Å². The Bertz CT molecular complexity index is 763. The number of fused-ring (bicyclic) bond motifs is 1. The molecule has 0 spiro atoms. The summed E-state index contributed by atoms with van der Waals surface area (Å²) in [6.07, 6.45) is 3.22. The Morgan fingerprint density at radius 3 is 2.73 bits per heavy atom. The zero-order valence-corrected chi connectivity index (χ0v) is 14.8. The molecule has 2 aromatic rings. The molecule has 0 bridgehead atoms. The summed E-state index contributed by atoms with van der Waals surface area (Å²) in [4.78, 5) is 4.52. The van der Waals surface area contributed by atoms with Crippen molar-refractivity contribution in [2.24, 2.45) is 10.7 Å². The van der Waals surface area contributed by atoms with Gasteiger partial charge in [-0.3, -0.25) is 4.99 Å². The number of aliphatic imine (C=N–C) groups is 1. The van der Waals surface area contributed by atoms with E-state index in [-0.39, 0.29) is 18.2 Å². The molecular weight excluding hydrogens is 326 g/mol. The quantitative estimate of drug-likeness (QED) is 0.655. The fraction of sp³-hybridized carbons (Fsp3) is 0.381. The summed E-state index contributed by atoms with van der Waals surface area (Å²) in [5.74, 6) is 1.40. The van der Waals surface area contributed by atoms with Crippen molar-refractivity contribution in [1.29, 1.82) is 0 Å². The third-order valence-electron chi connectivity index (χ3n) is 5.02. The molecule has 2 aliphatic rings. The molecule has 0 saturated carbocycles. The first kappa shape index (κ1) is 16.9. The van der Waals surface area contributed by atoms with Gasteiger partial charge in [0.05, 0.1) is 31.4 Å². The van der Waals surface area contributed by atoms with Gasteiger partial charge in [0.15, 0.2) is 5.96 Å². The minimum Gasteiger partial charge on any atom is -0.493 e. The van der Waals surface area contributed by atoms with E-state index in [0.29, 0.717) is 19.1 Å². The van der Waals surface area contributed by atoms with Gasteiger partial charge in [0.2, 0.25) is 0 Å². The fourth-order valence-corrected chi connectivity index (χ4v) is 3.67. The Hall–Kier alpha value is -2.53. The third-order valence-corrected chi connectivity index (χ3v) is 5.02. The third kappa shape index (κ3) is 3.83. The van der Waals surface area contributed by atoms with Gasteiger partial charge in [0.1, 0.15) is 5.75 Å². The molecule has 3 N–H and O–H groups in total. The zero-order chi connectivity index (χ0) is 17.8. The number of rotatable bonds is 4. The Morgan fingerprint density at radius 1 is 1.04 bits per heavy atom. The number of benzene rings is 2. The normalized spacial score (nSPS) is 25.4. The second-order valence-corrected chi connectivity index (χ2v) is 6.83. The maximum Gasteiger partial charge on any atom is 0.189 e. The van der Waals surface area contributed by atoms with E-state index in [1.54, 1.807) is 0 Å². The number of nitrogens with one attached hydrogen (secondary N) is 1. The Labute approximate surface area is 154 Å². The van der Waals surface area contributed by atoms with Gasteiger partial charge in [0, 0.05) is 12.0 Å². The van der Waals surface area contributed by atoms with Crippen LogP contribution in [0, 0.1) is 0 Å². The van der Waals surface area contributed by atoms with Crippen LogP contribution < -0.4 is 15.8 Å². The molecule has 0 aromatic heterocycles. The van der Waals surface area contributed by atoms with Gasteiger partial charge in [-0.1, -0.05) is 48.5 Å². The topological polar surface area (TPSA) is 68.9 Å². The summed E-state index contributed by atoms with van der Waals surface area (Å²) in [5.41, 5.74) is 8.50. The molecule has 1 fully saturated rings.